The lowest BCUT2D eigenvalue weighted by molar-refractivity contribution is 0.210. The number of unbranched alkanes of at least 4 members (excludes halogenated alkanes) is 1. The maximum atomic E-state index is 11.4. The molecule has 0 saturated heterocycles. The van der Waals surface area contributed by atoms with Crippen LogP contribution in [0.2, 0.25) is 0 Å². The first kappa shape index (κ1) is 11.6. The summed E-state index contributed by atoms with van der Waals surface area (Å²) in [6.07, 6.45) is 4.23. The van der Waals surface area contributed by atoms with Gasteiger partial charge >= 0.3 is 0 Å². The molecule has 2 rings (SSSR count). The van der Waals surface area contributed by atoms with Crippen molar-refractivity contribution >= 4 is 0 Å². The highest BCUT2D eigenvalue weighted by Crippen LogP contribution is 2.14. The molecule has 0 bridgehead atoms. The van der Waals surface area contributed by atoms with Gasteiger partial charge in [0.25, 0.3) is 11.4 Å². The molecule has 0 saturated carbocycles. The summed E-state index contributed by atoms with van der Waals surface area (Å²) in [4.78, 5) is 15.6. The summed E-state index contributed by atoms with van der Waals surface area (Å²) in [6, 6.07) is 0.977. The van der Waals surface area contributed by atoms with Crippen LogP contribution in [0.1, 0.15) is 44.4 Å². The zero-order valence-electron chi connectivity index (χ0n) is 9.92. The van der Waals surface area contributed by atoms with E-state index in [0.717, 1.165) is 19.3 Å². The predicted octanol–water partition coefficient (Wildman–Crippen LogP) is 1.78. The van der Waals surface area contributed by atoms with Gasteiger partial charge in [0, 0.05) is 12.5 Å². The van der Waals surface area contributed by atoms with E-state index in [4.69, 9.17) is 9.05 Å². The van der Waals surface area contributed by atoms with Crippen LogP contribution in [0.3, 0.4) is 0 Å². The molecule has 6 nitrogen and oxygen atoms in total. The van der Waals surface area contributed by atoms with Gasteiger partial charge in [0.05, 0.1) is 0 Å². The molecule has 0 amide bonds. The molecule has 0 fully saturated rings. The lowest BCUT2D eigenvalue weighted by Crippen LogP contribution is -2.18. The SMILES string of the molecule is CCCCc1noc([C@@H](C)n2occc2=O)n1. The molecule has 92 valence electrons. The van der Waals surface area contributed by atoms with Crippen LogP contribution >= 0.6 is 0 Å². The summed E-state index contributed by atoms with van der Waals surface area (Å²) < 4.78 is 11.4. The Kier molecular flexibility index (Phi) is 3.41. The molecule has 6 heteroatoms. The van der Waals surface area contributed by atoms with Crippen molar-refractivity contribution in [3.8, 4) is 0 Å². The van der Waals surface area contributed by atoms with Crippen LogP contribution in [0, 0.1) is 0 Å². The molecule has 2 aromatic heterocycles. The van der Waals surface area contributed by atoms with E-state index in [-0.39, 0.29) is 11.6 Å². The Labute approximate surface area is 98.2 Å². The highest BCUT2D eigenvalue weighted by Gasteiger charge is 2.18. The molecule has 0 unspecified atom stereocenters. The molecule has 0 radical (unpaired) electrons. The zero-order valence-corrected chi connectivity index (χ0v) is 9.92. The van der Waals surface area contributed by atoms with Crippen molar-refractivity contribution in [2.24, 2.45) is 0 Å². The van der Waals surface area contributed by atoms with E-state index in [9.17, 15) is 4.79 Å². The number of hydrogen-bond donors (Lipinski definition) is 0. The van der Waals surface area contributed by atoms with Crippen LogP contribution in [0.4, 0.5) is 0 Å². The minimum absolute atomic E-state index is 0.217. The second kappa shape index (κ2) is 4.99. The van der Waals surface area contributed by atoms with Crippen LogP contribution < -0.4 is 5.56 Å². The summed E-state index contributed by atoms with van der Waals surface area (Å²) in [7, 11) is 0. The third-order valence-corrected chi connectivity index (χ3v) is 2.55. The molecule has 1 atom stereocenters. The summed E-state index contributed by atoms with van der Waals surface area (Å²) in [5.74, 6) is 1.07. The second-order valence-electron chi connectivity index (χ2n) is 3.90. The maximum absolute atomic E-state index is 11.4. The smallest absolute Gasteiger partial charge is 0.283 e. The molecular weight excluding hydrogens is 222 g/mol. The first-order valence-electron chi connectivity index (χ1n) is 5.71. The maximum Gasteiger partial charge on any atom is 0.283 e. The second-order valence-corrected chi connectivity index (χ2v) is 3.90. The van der Waals surface area contributed by atoms with Gasteiger partial charge in [0.2, 0.25) is 0 Å². The molecule has 0 aliphatic heterocycles. The lowest BCUT2D eigenvalue weighted by atomic mass is 10.2. The summed E-state index contributed by atoms with van der Waals surface area (Å²) >= 11 is 0. The standard InChI is InChI=1S/C11H15N3O3/c1-3-4-5-9-12-11(17-13-9)8(2)14-10(15)6-7-16-14/h6-8H,3-5H2,1-2H3/t8-/m1/s1. The Hall–Kier alpha value is -1.85. The van der Waals surface area contributed by atoms with Gasteiger partial charge in [-0.3, -0.25) is 4.79 Å². The third kappa shape index (κ3) is 2.46. The van der Waals surface area contributed by atoms with Gasteiger partial charge in [0.1, 0.15) is 12.3 Å². The van der Waals surface area contributed by atoms with Gasteiger partial charge < -0.3 is 9.05 Å². The van der Waals surface area contributed by atoms with Crippen molar-refractivity contribution in [2.45, 2.75) is 39.2 Å². The molecule has 0 spiro atoms. The molecule has 0 aliphatic carbocycles. The molecular formula is C11H15N3O3. The van der Waals surface area contributed by atoms with Crippen molar-refractivity contribution in [2.75, 3.05) is 0 Å². The van der Waals surface area contributed by atoms with Crippen LogP contribution in [0.25, 0.3) is 0 Å². The summed E-state index contributed by atoms with van der Waals surface area (Å²) in [5, 5.41) is 3.87. The van der Waals surface area contributed by atoms with E-state index in [2.05, 4.69) is 17.1 Å². The normalized spacial score (nSPS) is 12.8. The highest BCUT2D eigenvalue weighted by atomic mass is 16.5. The van der Waals surface area contributed by atoms with E-state index < -0.39 is 0 Å². The first-order chi connectivity index (χ1) is 8.22. The molecule has 2 heterocycles. The fourth-order valence-corrected chi connectivity index (χ4v) is 1.54. The van der Waals surface area contributed by atoms with Crippen LogP contribution in [-0.4, -0.2) is 14.9 Å². The Morgan fingerprint density at radius 3 is 3.00 bits per heavy atom. The van der Waals surface area contributed by atoms with Gasteiger partial charge in [-0.2, -0.15) is 9.72 Å². The number of aryl methyl sites for hydroxylation is 1. The Bertz CT molecular complexity index is 526. The minimum atomic E-state index is -0.375. The first-order valence-corrected chi connectivity index (χ1v) is 5.71. The molecule has 2 aromatic rings. The molecule has 0 aromatic carbocycles. The molecule has 0 N–H and O–H groups in total. The van der Waals surface area contributed by atoms with Crippen molar-refractivity contribution in [3.63, 3.8) is 0 Å². The predicted molar refractivity (Wildman–Crippen MR) is 59.7 cm³/mol. The third-order valence-electron chi connectivity index (χ3n) is 2.55. The summed E-state index contributed by atoms with van der Waals surface area (Å²) in [6.45, 7) is 3.88. The topological polar surface area (TPSA) is 74.1 Å². The summed E-state index contributed by atoms with van der Waals surface area (Å²) in [5.41, 5.74) is -0.217. The number of nitrogens with zero attached hydrogens (tertiary/aromatic N) is 3. The lowest BCUT2D eigenvalue weighted by Gasteiger charge is -2.03. The highest BCUT2D eigenvalue weighted by molar-refractivity contribution is 4.93. The Morgan fingerprint density at radius 2 is 2.35 bits per heavy atom. The average Bonchev–Trinajstić information content (AvgIpc) is 2.94. The van der Waals surface area contributed by atoms with Gasteiger partial charge in [-0.25, -0.2) is 0 Å². The van der Waals surface area contributed by atoms with Gasteiger partial charge in [-0.15, -0.1) is 0 Å². The Morgan fingerprint density at radius 1 is 1.53 bits per heavy atom. The number of hydrogen-bond acceptors (Lipinski definition) is 5. The van der Waals surface area contributed by atoms with Gasteiger partial charge in [-0.05, 0) is 13.3 Å². The fourth-order valence-electron chi connectivity index (χ4n) is 1.54. The van der Waals surface area contributed by atoms with E-state index in [0.29, 0.717) is 11.7 Å². The van der Waals surface area contributed by atoms with Gasteiger partial charge in [0.15, 0.2) is 5.82 Å². The van der Waals surface area contributed by atoms with Gasteiger partial charge in [-0.1, -0.05) is 18.5 Å². The number of aromatic nitrogens is 3. The van der Waals surface area contributed by atoms with E-state index >= 15 is 0 Å². The van der Waals surface area contributed by atoms with Crippen molar-refractivity contribution in [1.29, 1.82) is 0 Å². The minimum Gasteiger partial charge on any atom is -0.383 e. The average molecular weight is 237 g/mol. The van der Waals surface area contributed by atoms with E-state index in [1.54, 1.807) is 6.92 Å². The zero-order chi connectivity index (χ0) is 12.3. The van der Waals surface area contributed by atoms with Crippen LogP contribution in [0.15, 0.2) is 26.2 Å². The molecule has 17 heavy (non-hydrogen) atoms. The van der Waals surface area contributed by atoms with E-state index in [1.165, 1.54) is 17.1 Å². The van der Waals surface area contributed by atoms with Crippen molar-refractivity contribution in [3.05, 3.63) is 34.4 Å². The largest absolute Gasteiger partial charge is 0.383 e. The van der Waals surface area contributed by atoms with Crippen LogP contribution in [-0.2, 0) is 6.42 Å². The molecule has 0 aliphatic rings. The fraction of sp³-hybridized carbons (Fsp3) is 0.545. The van der Waals surface area contributed by atoms with E-state index in [1.807, 2.05) is 0 Å². The monoisotopic (exact) mass is 237 g/mol. The number of rotatable bonds is 5. The van der Waals surface area contributed by atoms with Crippen LogP contribution in [0.5, 0.6) is 0 Å². The quantitative estimate of drug-likeness (QED) is 0.792. The van der Waals surface area contributed by atoms with Crippen molar-refractivity contribution in [1.82, 2.24) is 14.9 Å². The Balaban J connectivity index is 2.15. The van der Waals surface area contributed by atoms with Crippen molar-refractivity contribution < 1.29 is 9.05 Å².